The first-order valence-electron chi connectivity index (χ1n) is 7.72. The number of nitrogens with one attached hydrogen (secondary N) is 1. The Hall–Kier alpha value is -2.14. The van der Waals surface area contributed by atoms with Crippen LogP contribution in [0.15, 0.2) is 29.6 Å². The molecule has 0 radical (unpaired) electrons. The summed E-state index contributed by atoms with van der Waals surface area (Å²) in [5.74, 6) is -1.43. The van der Waals surface area contributed by atoms with Crippen LogP contribution in [-0.2, 0) is 4.79 Å². The maximum Gasteiger partial charge on any atom is 0.224 e. The second-order valence-corrected chi connectivity index (χ2v) is 6.39. The minimum atomic E-state index is -1.27. The fourth-order valence-electron chi connectivity index (χ4n) is 2.32. The summed E-state index contributed by atoms with van der Waals surface area (Å²) >= 11 is 1.22. The molecule has 2 aromatic rings. The number of hydrogen-bond donors (Lipinski definition) is 1. The highest BCUT2D eigenvalue weighted by Gasteiger charge is 2.16. The monoisotopic (exact) mass is 330 g/mol. The molecular formula is C18H20NO3S-. The van der Waals surface area contributed by atoms with E-state index in [9.17, 15) is 14.7 Å². The molecule has 0 atom stereocenters. The van der Waals surface area contributed by atoms with Gasteiger partial charge in [-0.05, 0) is 18.9 Å². The molecule has 1 amide bonds. The zero-order valence-electron chi connectivity index (χ0n) is 13.3. The van der Waals surface area contributed by atoms with Crippen molar-refractivity contribution in [2.24, 2.45) is 0 Å². The molecule has 0 aliphatic carbocycles. The molecule has 0 fully saturated rings. The van der Waals surface area contributed by atoms with Crippen LogP contribution in [0.3, 0.4) is 0 Å². The summed E-state index contributed by atoms with van der Waals surface area (Å²) in [6, 6.07) is 7.59. The van der Waals surface area contributed by atoms with Crippen LogP contribution in [-0.4, -0.2) is 11.9 Å². The average Bonchev–Trinajstić information content (AvgIpc) is 2.92. The van der Waals surface area contributed by atoms with Crippen LogP contribution in [0, 0.1) is 6.92 Å². The number of carboxylic acid groups (broad SMARTS) is 1. The number of thiophene rings is 1. The fourth-order valence-corrected chi connectivity index (χ4v) is 3.30. The minimum Gasteiger partial charge on any atom is -0.545 e. The first kappa shape index (κ1) is 17.2. The third-order valence-corrected chi connectivity index (χ3v) is 4.51. The maximum atomic E-state index is 11.9. The van der Waals surface area contributed by atoms with E-state index >= 15 is 0 Å². The molecule has 122 valence electrons. The number of carboxylic acids is 1. The van der Waals surface area contributed by atoms with Crippen molar-refractivity contribution in [1.82, 2.24) is 0 Å². The van der Waals surface area contributed by atoms with Crippen molar-refractivity contribution in [3.8, 4) is 11.1 Å². The van der Waals surface area contributed by atoms with E-state index in [-0.39, 0.29) is 11.5 Å². The second-order valence-electron chi connectivity index (χ2n) is 5.51. The summed E-state index contributed by atoms with van der Waals surface area (Å²) < 4.78 is 0. The summed E-state index contributed by atoms with van der Waals surface area (Å²) in [6.45, 7) is 4.04. The Morgan fingerprint density at radius 1 is 1.17 bits per heavy atom. The quantitative estimate of drug-likeness (QED) is 0.789. The van der Waals surface area contributed by atoms with Crippen molar-refractivity contribution in [2.75, 3.05) is 5.32 Å². The number of carbonyl (C=O) groups is 2. The van der Waals surface area contributed by atoms with Gasteiger partial charge >= 0.3 is 0 Å². The number of unbranched alkanes of at least 4 members (excludes halogenated alkanes) is 2. The number of anilines is 1. The highest BCUT2D eigenvalue weighted by molar-refractivity contribution is 7.15. The van der Waals surface area contributed by atoms with Crippen LogP contribution in [0.1, 0.15) is 48.5 Å². The van der Waals surface area contributed by atoms with Gasteiger partial charge in [0, 0.05) is 22.9 Å². The lowest BCUT2D eigenvalue weighted by atomic mass is 10.0. The van der Waals surface area contributed by atoms with Crippen LogP contribution in [0.4, 0.5) is 5.00 Å². The number of amides is 1. The predicted octanol–water partition coefficient (Wildman–Crippen LogP) is 3.61. The van der Waals surface area contributed by atoms with E-state index in [1.165, 1.54) is 11.3 Å². The van der Waals surface area contributed by atoms with Gasteiger partial charge in [0.1, 0.15) is 5.00 Å². The van der Waals surface area contributed by atoms with E-state index in [4.69, 9.17) is 0 Å². The fraction of sp³-hybridized carbons (Fsp3) is 0.333. The normalized spacial score (nSPS) is 10.5. The Kier molecular flexibility index (Phi) is 5.93. The molecule has 2 rings (SSSR count). The lowest BCUT2D eigenvalue weighted by Gasteiger charge is -2.10. The van der Waals surface area contributed by atoms with E-state index in [1.54, 1.807) is 5.38 Å². The van der Waals surface area contributed by atoms with E-state index in [0.717, 1.165) is 30.4 Å². The predicted molar refractivity (Wildman–Crippen MR) is 91.6 cm³/mol. The van der Waals surface area contributed by atoms with Gasteiger partial charge in [0.2, 0.25) is 5.91 Å². The van der Waals surface area contributed by atoms with E-state index in [2.05, 4.69) is 12.2 Å². The Morgan fingerprint density at radius 2 is 1.87 bits per heavy atom. The van der Waals surface area contributed by atoms with Gasteiger partial charge in [-0.15, -0.1) is 11.3 Å². The van der Waals surface area contributed by atoms with Crippen molar-refractivity contribution in [3.63, 3.8) is 0 Å². The van der Waals surface area contributed by atoms with Gasteiger partial charge in [-0.25, -0.2) is 0 Å². The van der Waals surface area contributed by atoms with Crippen LogP contribution in [0.2, 0.25) is 0 Å². The molecule has 4 nitrogen and oxygen atoms in total. The van der Waals surface area contributed by atoms with E-state index in [1.807, 2.05) is 31.2 Å². The molecule has 0 saturated carbocycles. The molecule has 5 heteroatoms. The van der Waals surface area contributed by atoms with Crippen molar-refractivity contribution in [1.29, 1.82) is 0 Å². The number of hydrogen-bond acceptors (Lipinski definition) is 4. The molecular weight excluding hydrogens is 310 g/mol. The van der Waals surface area contributed by atoms with Crippen LogP contribution in [0.5, 0.6) is 0 Å². The number of benzene rings is 1. The average molecular weight is 330 g/mol. The first-order chi connectivity index (χ1) is 11.0. The zero-order chi connectivity index (χ0) is 16.8. The topological polar surface area (TPSA) is 69.2 Å². The smallest absolute Gasteiger partial charge is 0.224 e. The number of aryl methyl sites for hydroxylation is 1. The SMILES string of the molecule is CCCCCC(=O)Nc1scc(-c2ccc(C)cc2)c1C(=O)[O-]. The van der Waals surface area contributed by atoms with Gasteiger partial charge in [-0.3, -0.25) is 4.79 Å². The molecule has 0 spiro atoms. The van der Waals surface area contributed by atoms with Crippen molar-refractivity contribution in [3.05, 3.63) is 40.8 Å². The number of aromatic carboxylic acids is 1. The van der Waals surface area contributed by atoms with Gasteiger partial charge in [0.25, 0.3) is 0 Å². The van der Waals surface area contributed by atoms with Crippen molar-refractivity contribution < 1.29 is 14.7 Å². The summed E-state index contributed by atoms with van der Waals surface area (Å²) in [4.78, 5) is 23.5. The first-order valence-corrected chi connectivity index (χ1v) is 8.60. The molecule has 1 aromatic carbocycles. The molecule has 0 aliphatic rings. The Morgan fingerprint density at radius 3 is 2.48 bits per heavy atom. The highest BCUT2D eigenvalue weighted by atomic mass is 32.1. The van der Waals surface area contributed by atoms with Crippen LogP contribution in [0.25, 0.3) is 11.1 Å². The standard InChI is InChI=1S/C18H21NO3S/c1-3-4-5-6-15(20)19-17-16(18(21)22)14(11-23-17)13-9-7-12(2)8-10-13/h7-11H,3-6H2,1-2H3,(H,19,20)(H,21,22)/p-1. The van der Waals surface area contributed by atoms with Gasteiger partial charge in [-0.2, -0.15) is 0 Å². The Bertz CT molecular complexity index is 689. The summed E-state index contributed by atoms with van der Waals surface area (Å²) in [6.07, 6.45) is 3.23. The summed E-state index contributed by atoms with van der Waals surface area (Å²) in [5, 5.41) is 16.3. The molecule has 23 heavy (non-hydrogen) atoms. The molecule has 0 bridgehead atoms. The lowest BCUT2D eigenvalue weighted by Crippen LogP contribution is -2.24. The van der Waals surface area contributed by atoms with Crippen LogP contribution >= 0.6 is 11.3 Å². The number of carbonyl (C=O) groups excluding carboxylic acids is 2. The van der Waals surface area contributed by atoms with E-state index < -0.39 is 5.97 Å². The highest BCUT2D eigenvalue weighted by Crippen LogP contribution is 2.35. The number of rotatable bonds is 7. The minimum absolute atomic E-state index is 0.0581. The molecule has 0 unspecified atom stereocenters. The van der Waals surface area contributed by atoms with Crippen LogP contribution < -0.4 is 10.4 Å². The Balaban J connectivity index is 2.23. The van der Waals surface area contributed by atoms with E-state index in [0.29, 0.717) is 17.0 Å². The molecule has 1 heterocycles. The molecule has 0 saturated heterocycles. The zero-order valence-corrected chi connectivity index (χ0v) is 14.2. The molecule has 1 N–H and O–H groups in total. The van der Waals surface area contributed by atoms with Gasteiger partial charge in [-0.1, -0.05) is 49.6 Å². The van der Waals surface area contributed by atoms with Gasteiger partial charge in [0.05, 0.1) is 5.97 Å². The van der Waals surface area contributed by atoms with Crippen molar-refractivity contribution >= 4 is 28.2 Å². The summed E-state index contributed by atoms with van der Waals surface area (Å²) in [7, 11) is 0. The largest absolute Gasteiger partial charge is 0.545 e. The Labute approximate surface area is 140 Å². The van der Waals surface area contributed by atoms with Crippen molar-refractivity contribution in [2.45, 2.75) is 39.5 Å². The van der Waals surface area contributed by atoms with Gasteiger partial charge in [0.15, 0.2) is 0 Å². The third kappa shape index (κ3) is 4.42. The molecule has 0 aliphatic heterocycles. The van der Waals surface area contributed by atoms with Gasteiger partial charge < -0.3 is 15.2 Å². The third-order valence-electron chi connectivity index (χ3n) is 3.62. The molecule has 1 aromatic heterocycles. The lowest BCUT2D eigenvalue weighted by molar-refractivity contribution is -0.254. The summed E-state index contributed by atoms with van der Waals surface area (Å²) in [5.41, 5.74) is 2.54. The maximum absolute atomic E-state index is 11.9. The second kappa shape index (κ2) is 7.92.